The van der Waals surface area contributed by atoms with Crippen molar-refractivity contribution >= 4 is 54.1 Å². The molecule has 0 atom stereocenters. The van der Waals surface area contributed by atoms with Crippen LogP contribution < -0.4 is 0 Å². The summed E-state index contributed by atoms with van der Waals surface area (Å²) in [6.45, 7) is 0. The Morgan fingerprint density at radius 1 is 0.291 bits per heavy atom. The largest absolute Gasteiger partial charge is 0.309 e. The summed E-state index contributed by atoms with van der Waals surface area (Å²) in [7, 11) is 0. The fourth-order valence-corrected chi connectivity index (χ4v) is 8.17. The highest BCUT2D eigenvalue weighted by atomic mass is 15.0. The molecule has 0 saturated heterocycles. The Morgan fingerprint density at radius 2 is 0.818 bits per heavy atom. The number of benzene rings is 9. The van der Waals surface area contributed by atoms with Gasteiger partial charge in [-0.15, -0.1) is 0 Å². The van der Waals surface area contributed by atoms with Gasteiger partial charge in [-0.2, -0.15) is 0 Å². The molecule has 11 aromatic rings. The molecule has 0 N–H and O–H groups in total. The maximum atomic E-state index is 5.28. The number of nitrogens with zero attached hydrogens (tertiary/aromatic N) is 4. The van der Waals surface area contributed by atoms with Gasteiger partial charge < -0.3 is 4.57 Å². The van der Waals surface area contributed by atoms with Gasteiger partial charge in [0.25, 0.3) is 0 Å². The molecule has 4 nitrogen and oxygen atoms in total. The number of fused-ring (bicyclic) bond motifs is 7. The Kier molecular flexibility index (Phi) is 7.14. The summed E-state index contributed by atoms with van der Waals surface area (Å²) in [5.41, 5.74) is 8.60. The third-order valence-electron chi connectivity index (χ3n) is 10.8. The smallest absolute Gasteiger partial charge is 0.164 e. The Morgan fingerprint density at radius 3 is 1.55 bits per heavy atom. The van der Waals surface area contributed by atoms with Gasteiger partial charge in [0, 0.05) is 33.2 Å². The molecule has 0 aliphatic carbocycles. The van der Waals surface area contributed by atoms with E-state index in [0.29, 0.717) is 17.5 Å². The molecule has 256 valence electrons. The number of aromatic nitrogens is 4. The quantitative estimate of drug-likeness (QED) is 0.168. The van der Waals surface area contributed by atoms with Crippen LogP contribution in [0, 0.1) is 0 Å². The molecule has 0 unspecified atom stereocenters. The lowest BCUT2D eigenvalue weighted by molar-refractivity contribution is 1.07. The first kappa shape index (κ1) is 31.1. The van der Waals surface area contributed by atoms with Crippen LogP contribution >= 0.6 is 0 Å². The first-order chi connectivity index (χ1) is 27.2. The zero-order valence-corrected chi connectivity index (χ0v) is 29.8. The summed E-state index contributed by atoms with van der Waals surface area (Å²) in [6.07, 6.45) is 0. The van der Waals surface area contributed by atoms with Crippen LogP contribution in [0.1, 0.15) is 0 Å². The molecule has 4 heteroatoms. The lowest BCUT2D eigenvalue weighted by atomic mass is 9.96. The molecule has 11 rings (SSSR count). The third kappa shape index (κ3) is 5.26. The molecular formula is C51H32N4. The van der Waals surface area contributed by atoms with Gasteiger partial charge in [-0.1, -0.05) is 152 Å². The van der Waals surface area contributed by atoms with E-state index in [2.05, 4.69) is 199 Å². The van der Waals surface area contributed by atoms with Gasteiger partial charge in [-0.3, -0.25) is 0 Å². The van der Waals surface area contributed by atoms with Crippen LogP contribution in [0.3, 0.4) is 0 Å². The number of para-hydroxylation sites is 2. The standard InChI is InChI=1S/C51H32N4/c1-2-13-33(14-3-1)34-25-26-36-30-39(28-27-35(36)29-34)50-52-49(53-51(54-50)46-32-37-15-4-5-18-41(37)42-19-6-7-20-43(42)46)38-16-12-17-40(31-38)55-47-23-10-8-21-44(47)45-22-9-11-24-48(45)55/h1-32H. The molecule has 0 aliphatic heterocycles. The van der Waals surface area contributed by atoms with Crippen molar-refractivity contribution in [1.82, 2.24) is 19.5 Å². The minimum atomic E-state index is 0.624. The van der Waals surface area contributed by atoms with Crippen molar-refractivity contribution in [2.24, 2.45) is 0 Å². The predicted octanol–water partition coefficient (Wildman–Crippen LogP) is 13.1. The second-order valence-electron chi connectivity index (χ2n) is 14.1. The van der Waals surface area contributed by atoms with Gasteiger partial charge >= 0.3 is 0 Å². The van der Waals surface area contributed by atoms with Gasteiger partial charge in [0.2, 0.25) is 0 Å². The number of hydrogen-bond donors (Lipinski definition) is 0. The van der Waals surface area contributed by atoms with Crippen molar-refractivity contribution in [3.05, 3.63) is 194 Å². The van der Waals surface area contributed by atoms with E-state index in [1.54, 1.807) is 0 Å². The monoisotopic (exact) mass is 700 g/mol. The summed E-state index contributed by atoms with van der Waals surface area (Å²) in [5, 5.41) is 9.38. The summed E-state index contributed by atoms with van der Waals surface area (Å²) in [5.74, 6) is 1.90. The third-order valence-corrected chi connectivity index (χ3v) is 10.8. The van der Waals surface area contributed by atoms with Crippen LogP contribution in [-0.2, 0) is 0 Å². The minimum absolute atomic E-state index is 0.624. The van der Waals surface area contributed by atoms with Gasteiger partial charge in [0.1, 0.15) is 0 Å². The van der Waals surface area contributed by atoms with Gasteiger partial charge in [0.15, 0.2) is 17.5 Å². The van der Waals surface area contributed by atoms with Crippen LogP contribution in [0.2, 0.25) is 0 Å². The second-order valence-corrected chi connectivity index (χ2v) is 14.1. The zero-order valence-electron chi connectivity index (χ0n) is 29.8. The van der Waals surface area contributed by atoms with Crippen molar-refractivity contribution in [2.45, 2.75) is 0 Å². The summed E-state index contributed by atoms with van der Waals surface area (Å²) < 4.78 is 2.33. The molecule has 2 aromatic heterocycles. The van der Waals surface area contributed by atoms with E-state index in [9.17, 15) is 0 Å². The fourth-order valence-electron chi connectivity index (χ4n) is 8.17. The van der Waals surface area contributed by atoms with Crippen molar-refractivity contribution in [1.29, 1.82) is 0 Å². The Balaban J connectivity index is 1.12. The normalized spacial score (nSPS) is 11.6. The Bertz CT molecular complexity index is 3220. The van der Waals surface area contributed by atoms with E-state index in [1.165, 1.54) is 38.1 Å². The molecule has 0 spiro atoms. The van der Waals surface area contributed by atoms with E-state index in [1.807, 2.05) is 0 Å². The highest BCUT2D eigenvalue weighted by Crippen LogP contribution is 2.37. The highest BCUT2D eigenvalue weighted by molar-refractivity contribution is 6.13. The zero-order chi connectivity index (χ0) is 36.3. The molecule has 0 bridgehead atoms. The van der Waals surface area contributed by atoms with E-state index in [4.69, 9.17) is 15.0 Å². The van der Waals surface area contributed by atoms with Crippen molar-refractivity contribution in [2.75, 3.05) is 0 Å². The fraction of sp³-hybridized carbons (Fsp3) is 0. The van der Waals surface area contributed by atoms with Crippen molar-refractivity contribution < 1.29 is 0 Å². The van der Waals surface area contributed by atoms with E-state index >= 15 is 0 Å². The molecular weight excluding hydrogens is 669 g/mol. The van der Waals surface area contributed by atoms with Crippen molar-refractivity contribution in [3.8, 4) is 51.0 Å². The molecule has 0 aliphatic rings. The van der Waals surface area contributed by atoms with Crippen molar-refractivity contribution in [3.63, 3.8) is 0 Å². The minimum Gasteiger partial charge on any atom is -0.309 e. The van der Waals surface area contributed by atoms with E-state index in [-0.39, 0.29) is 0 Å². The highest BCUT2D eigenvalue weighted by Gasteiger charge is 2.18. The lowest BCUT2D eigenvalue weighted by Gasteiger charge is -2.14. The first-order valence-corrected chi connectivity index (χ1v) is 18.6. The van der Waals surface area contributed by atoms with Gasteiger partial charge in [-0.25, -0.2) is 15.0 Å². The molecule has 55 heavy (non-hydrogen) atoms. The molecule has 0 saturated carbocycles. The Hall–Kier alpha value is -7.43. The van der Waals surface area contributed by atoms with Crippen LogP contribution in [-0.4, -0.2) is 19.5 Å². The maximum absolute atomic E-state index is 5.28. The second kappa shape index (κ2) is 12.6. The van der Waals surface area contributed by atoms with Gasteiger partial charge in [-0.05, 0) is 85.9 Å². The van der Waals surface area contributed by atoms with Crippen LogP contribution in [0.25, 0.3) is 105 Å². The van der Waals surface area contributed by atoms with Crippen LogP contribution in [0.15, 0.2) is 194 Å². The molecule has 0 radical (unpaired) electrons. The average Bonchev–Trinajstić information content (AvgIpc) is 3.60. The average molecular weight is 701 g/mol. The van der Waals surface area contributed by atoms with E-state index < -0.39 is 0 Å². The first-order valence-electron chi connectivity index (χ1n) is 18.6. The van der Waals surface area contributed by atoms with Crippen LogP contribution in [0.4, 0.5) is 0 Å². The summed E-state index contributed by atoms with van der Waals surface area (Å²) in [6, 6.07) is 68.7. The predicted molar refractivity (Wildman–Crippen MR) is 228 cm³/mol. The molecule has 9 aromatic carbocycles. The molecule has 2 heterocycles. The summed E-state index contributed by atoms with van der Waals surface area (Å²) >= 11 is 0. The van der Waals surface area contributed by atoms with E-state index in [0.717, 1.165) is 49.6 Å². The maximum Gasteiger partial charge on any atom is 0.164 e. The SMILES string of the molecule is c1ccc(-c2ccc3cc(-c4nc(-c5cccc(-n6c7ccccc7c7ccccc76)c5)nc(-c5cc6ccccc6c6ccccc56)n4)ccc3c2)cc1. The van der Waals surface area contributed by atoms with Crippen LogP contribution in [0.5, 0.6) is 0 Å². The Labute approximate surface area is 317 Å². The molecule has 0 amide bonds. The lowest BCUT2D eigenvalue weighted by Crippen LogP contribution is -2.01. The topological polar surface area (TPSA) is 43.6 Å². The summed E-state index contributed by atoms with van der Waals surface area (Å²) in [4.78, 5) is 15.8. The molecule has 0 fully saturated rings. The van der Waals surface area contributed by atoms with Gasteiger partial charge in [0.05, 0.1) is 11.0 Å². The number of rotatable bonds is 5. The number of hydrogen-bond acceptors (Lipinski definition) is 3.